The molecule has 30 heavy (non-hydrogen) atoms. The summed E-state index contributed by atoms with van der Waals surface area (Å²) in [5, 5.41) is 4.61. The number of hydrogen-bond acceptors (Lipinski definition) is 5. The summed E-state index contributed by atoms with van der Waals surface area (Å²) in [6.07, 6.45) is 0. The van der Waals surface area contributed by atoms with Gasteiger partial charge in [0, 0.05) is 22.7 Å². The van der Waals surface area contributed by atoms with Gasteiger partial charge in [0.05, 0.1) is 12.8 Å². The van der Waals surface area contributed by atoms with Gasteiger partial charge in [0.15, 0.2) is 4.34 Å². The summed E-state index contributed by atoms with van der Waals surface area (Å²) in [5.74, 6) is 0.597. The topological polar surface area (TPSA) is 51.2 Å². The van der Waals surface area contributed by atoms with E-state index >= 15 is 0 Å². The zero-order valence-electron chi connectivity index (χ0n) is 16.3. The highest BCUT2D eigenvalue weighted by Crippen LogP contribution is 2.39. The van der Waals surface area contributed by atoms with E-state index in [2.05, 4.69) is 5.32 Å². The van der Waals surface area contributed by atoms with Crippen molar-refractivity contribution in [3.63, 3.8) is 0 Å². The number of methoxy groups -OCH3 is 1. The van der Waals surface area contributed by atoms with Crippen LogP contribution in [0.15, 0.2) is 94.6 Å². The molecule has 0 aliphatic rings. The molecule has 0 saturated carbocycles. The molecule has 0 spiro atoms. The fraction of sp³-hybridized carbons (Fsp3) is 0.0833. The average Bonchev–Trinajstić information content (AvgIpc) is 3.27. The molecule has 4 rings (SSSR count). The van der Waals surface area contributed by atoms with Gasteiger partial charge in [0.1, 0.15) is 11.0 Å². The molecule has 0 saturated heterocycles. The maximum absolute atomic E-state index is 13.2. The number of hydrogen-bond donors (Lipinski definition) is 1. The Morgan fingerprint density at radius 1 is 1.00 bits per heavy atom. The van der Waals surface area contributed by atoms with E-state index in [4.69, 9.17) is 9.72 Å². The standard InChI is InChI=1S/C24H20N2O2S2/c1-28-20-14-8-13-19(15-20)25-23(27)22(18-11-6-3-7-12-18)30-24-26-21(16-29-24)17-9-4-2-5-10-17/h2-16,22H,1H3,(H,25,27). The maximum atomic E-state index is 13.2. The van der Waals surface area contributed by atoms with Crippen molar-refractivity contribution in [3.8, 4) is 17.0 Å². The van der Waals surface area contributed by atoms with E-state index in [1.807, 2.05) is 90.3 Å². The van der Waals surface area contributed by atoms with Gasteiger partial charge < -0.3 is 10.1 Å². The molecule has 0 bridgehead atoms. The lowest BCUT2D eigenvalue weighted by Crippen LogP contribution is -2.19. The van der Waals surface area contributed by atoms with E-state index in [1.54, 1.807) is 18.4 Å². The number of nitrogens with zero attached hydrogens (tertiary/aromatic N) is 1. The van der Waals surface area contributed by atoms with Crippen LogP contribution in [0.2, 0.25) is 0 Å². The number of thiazole rings is 1. The number of nitrogens with one attached hydrogen (secondary N) is 1. The zero-order chi connectivity index (χ0) is 20.8. The van der Waals surface area contributed by atoms with Crippen molar-refractivity contribution in [1.29, 1.82) is 0 Å². The van der Waals surface area contributed by atoms with Crippen LogP contribution >= 0.6 is 23.1 Å². The molecular formula is C24H20N2O2S2. The van der Waals surface area contributed by atoms with Gasteiger partial charge in [-0.25, -0.2) is 4.98 Å². The summed E-state index contributed by atoms with van der Waals surface area (Å²) in [7, 11) is 1.61. The monoisotopic (exact) mass is 432 g/mol. The van der Waals surface area contributed by atoms with E-state index < -0.39 is 5.25 Å². The highest BCUT2D eigenvalue weighted by molar-refractivity contribution is 8.01. The number of carbonyl (C=O) groups excluding carboxylic acids is 1. The Balaban J connectivity index is 1.57. The van der Waals surface area contributed by atoms with E-state index in [0.717, 1.165) is 21.2 Å². The number of aromatic nitrogens is 1. The van der Waals surface area contributed by atoms with Crippen molar-refractivity contribution < 1.29 is 9.53 Å². The molecule has 1 N–H and O–H groups in total. The number of rotatable bonds is 7. The van der Waals surface area contributed by atoms with Gasteiger partial charge in [-0.05, 0) is 17.7 Å². The number of benzene rings is 3. The molecule has 1 aromatic heterocycles. The van der Waals surface area contributed by atoms with Crippen LogP contribution in [0, 0.1) is 0 Å². The molecule has 1 unspecified atom stereocenters. The second-order valence-electron chi connectivity index (χ2n) is 6.49. The van der Waals surface area contributed by atoms with Crippen molar-refractivity contribution in [3.05, 3.63) is 95.9 Å². The van der Waals surface area contributed by atoms with Crippen LogP contribution < -0.4 is 10.1 Å². The Morgan fingerprint density at radius 3 is 2.47 bits per heavy atom. The summed E-state index contributed by atoms with van der Waals surface area (Å²) in [5.41, 5.74) is 3.62. The number of anilines is 1. The average molecular weight is 433 g/mol. The minimum absolute atomic E-state index is 0.101. The summed E-state index contributed by atoms with van der Waals surface area (Å²) in [6.45, 7) is 0. The molecule has 0 fully saturated rings. The van der Waals surface area contributed by atoms with Gasteiger partial charge in [0.25, 0.3) is 0 Å². The minimum Gasteiger partial charge on any atom is -0.497 e. The molecule has 1 amide bonds. The molecule has 3 aromatic carbocycles. The molecule has 4 nitrogen and oxygen atoms in total. The smallest absolute Gasteiger partial charge is 0.242 e. The Bertz CT molecular complexity index is 1110. The van der Waals surface area contributed by atoms with Crippen LogP contribution in [0.3, 0.4) is 0 Å². The van der Waals surface area contributed by atoms with Crippen molar-refractivity contribution in [2.45, 2.75) is 9.59 Å². The van der Waals surface area contributed by atoms with Crippen LogP contribution in [-0.4, -0.2) is 18.0 Å². The Morgan fingerprint density at radius 2 is 1.73 bits per heavy atom. The molecule has 0 radical (unpaired) electrons. The largest absolute Gasteiger partial charge is 0.497 e. The van der Waals surface area contributed by atoms with E-state index in [-0.39, 0.29) is 5.91 Å². The highest BCUT2D eigenvalue weighted by Gasteiger charge is 2.24. The van der Waals surface area contributed by atoms with Crippen LogP contribution in [0.5, 0.6) is 5.75 Å². The third kappa shape index (κ3) is 4.90. The van der Waals surface area contributed by atoms with Crippen molar-refractivity contribution >= 4 is 34.7 Å². The molecule has 0 aliphatic carbocycles. The fourth-order valence-corrected chi connectivity index (χ4v) is 4.98. The van der Waals surface area contributed by atoms with Crippen molar-refractivity contribution in [2.24, 2.45) is 0 Å². The Hall–Kier alpha value is -3.09. The molecule has 6 heteroatoms. The first-order valence-corrected chi connectivity index (χ1v) is 11.2. The SMILES string of the molecule is COc1cccc(NC(=O)C(Sc2nc(-c3ccccc3)cs2)c2ccccc2)c1. The third-order valence-electron chi connectivity index (χ3n) is 4.45. The molecule has 1 atom stereocenters. The maximum Gasteiger partial charge on any atom is 0.242 e. The number of carbonyl (C=O) groups is 1. The van der Waals surface area contributed by atoms with E-state index in [9.17, 15) is 4.79 Å². The predicted octanol–water partition coefficient (Wildman–Crippen LogP) is 6.29. The van der Waals surface area contributed by atoms with Crippen LogP contribution in [0.4, 0.5) is 5.69 Å². The Kier molecular flexibility index (Phi) is 6.47. The lowest BCUT2D eigenvalue weighted by molar-refractivity contribution is -0.115. The lowest BCUT2D eigenvalue weighted by atomic mass is 10.1. The van der Waals surface area contributed by atoms with Gasteiger partial charge in [-0.2, -0.15) is 0 Å². The first-order valence-electron chi connectivity index (χ1n) is 9.40. The fourth-order valence-electron chi connectivity index (χ4n) is 2.96. The van der Waals surface area contributed by atoms with Crippen molar-refractivity contribution in [2.75, 3.05) is 12.4 Å². The highest BCUT2D eigenvalue weighted by atomic mass is 32.2. The second-order valence-corrected chi connectivity index (χ2v) is 8.70. The quantitative estimate of drug-likeness (QED) is 0.349. The lowest BCUT2D eigenvalue weighted by Gasteiger charge is -2.16. The molecular weight excluding hydrogens is 412 g/mol. The van der Waals surface area contributed by atoms with E-state index in [1.165, 1.54) is 11.8 Å². The number of thioether (sulfide) groups is 1. The molecule has 4 aromatic rings. The van der Waals surface area contributed by atoms with Crippen molar-refractivity contribution in [1.82, 2.24) is 4.98 Å². The van der Waals surface area contributed by atoms with Gasteiger partial charge in [-0.1, -0.05) is 78.5 Å². The van der Waals surface area contributed by atoms with Crippen LogP contribution in [-0.2, 0) is 4.79 Å². The van der Waals surface area contributed by atoms with Gasteiger partial charge in [-0.15, -0.1) is 11.3 Å². The van der Waals surface area contributed by atoms with Crippen LogP contribution in [0.1, 0.15) is 10.8 Å². The number of amides is 1. The van der Waals surface area contributed by atoms with Crippen LogP contribution in [0.25, 0.3) is 11.3 Å². The Labute approximate surface area is 184 Å². The second kappa shape index (κ2) is 9.61. The van der Waals surface area contributed by atoms with Gasteiger partial charge in [0.2, 0.25) is 5.91 Å². The molecule has 1 heterocycles. The van der Waals surface area contributed by atoms with E-state index in [0.29, 0.717) is 11.4 Å². The zero-order valence-corrected chi connectivity index (χ0v) is 18.0. The first-order chi connectivity index (χ1) is 14.7. The molecule has 150 valence electrons. The number of ether oxygens (including phenoxy) is 1. The van der Waals surface area contributed by atoms with Gasteiger partial charge >= 0.3 is 0 Å². The summed E-state index contributed by atoms with van der Waals surface area (Å²) in [6, 6.07) is 27.2. The summed E-state index contributed by atoms with van der Waals surface area (Å²) < 4.78 is 6.11. The minimum atomic E-state index is -0.424. The molecule has 0 aliphatic heterocycles. The third-order valence-corrected chi connectivity index (χ3v) is 6.68. The normalized spacial score (nSPS) is 11.6. The summed E-state index contributed by atoms with van der Waals surface area (Å²) >= 11 is 3.01. The van der Waals surface area contributed by atoms with Gasteiger partial charge in [-0.3, -0.25) is 4.79 Å². The predicted molar refractivity (Wildman–Crippen MR) is 124 cm³/mol. The summed E-state index contributed by atoms with van der Waals surface area (Å²) in [4.78, 5) is 17.9. The first kappa shape index (κ1) is 20.2.